The van der Waals surface area contributed by atoms with Crippen LogP contribution in [0.1, 0.15) is 22.4 Å². The molecule has 0 atom stereocenters. The van der Waals surface area contributed by atoms with E-state index in [1.165, 1.54) is 0 Å². The number of aromatic nitrogens is 1. The number of rotatable bonds is 5. The van der Waals surface area contributed by atoms with Gasteiger partial charge in [0.05, 0.1) is 13.5 Å². The molecule has 1 N–H and O–H groups in total. The van der Waals surface area contributed by atoms with E-state index in [1.807, 2.05) is 50.2 Å². The summed E-state index contributed by atoms with van der Waals surface area (Å²) < 4.78 is 10.4. The van der Waals surface area contributed by atoms with E-state index in [0.29, 0.717) is 12.2 Å². The zero-order chi connectivity index (χ0) is 17.1. The van der Waals surface area contributed by atoms with E-state index in [0.717, 1.165) is 33.4 Å². The number of nitrogens with one attached hydrogen (secondary N) is 1. The fraction of sp³-hybridized carbons (Fsp3) is 0.263. The molecule has 0 bridgehead atoms. The van der Waals surface area contributed by atoms with E-state index in [2.05, 4.69) is 10.5 Å². The summed E-state index contributed by atoms with van der Waals surface area (Å²) in [5, 5.41) is 7.85. The summed E-state index contributed by atoms with van der Waals surface area (Å²) in [5.41, 5.74) is 4.71. The Morgan fingerprint density at radius 3 is 2.58 bits per heavy atom. The van der Waals surface area contributed by atoms with Crippen molar-refractivity contribution in [3.8, 4) is 5.75 Å². The highest BCUT2D eigenvalue weighted by atomic mass is 16.5. The van der Waals surface area contributed by atoms with E-state index in [-0.39, 0.29) is 12.3 Å². The van der Waals surface area contributed by atoms with Gasteiger partial charge in [-0.3, -0.25) is 4.79 Å². The summed E-state index contributed by atoms with van der Waals surface area (Å²) in [7, 11) is 1.63. The lowest BCUT2D eigenvalue weighted by molar-refractivity contribution is -0.120. The van der Waals surface area contributed by atoms with Gasteiger partial charge in [0.25, 0.3) is 0 Å². The summed E-state index contributed by atoms with van der Waals surface area (Å²) in [6.45, 7) is 4.53. The first kappa shape index (κ1) is 16.1. The summed E-state index contributed by atoms with van der Waals surface area (Å²) in [4.78, 5) is 12.2. The zero-order valence-electron chi connectivity index (χ0n) is 14.1. The highest BCUT2D eigenvalue weighted by Gasteiger charge is 2.13. The molecule has 0 aliphatic carbocycles. The third-order valence-electron chi connectivity index (χ3n) is 4.14. The smallest absolute Gasteiger partial charge is 0.226 e. The van der Waals surface area contributed by atoms with Crippen LogP contribution in [-0.2, 0) is 17.8 Å². The number of carbonyl (C=O) groups excluding carboxylic acids is 1. The lowest BCUT2D eigenvalue weighted by Crippen LogP contribution is -2.24. The average Bonchev–Trinajstić information content (AvgIpc) is 2.95. The fourth-order valence-electron chi connectivity index (χ4n) is 2.53. The molecule has 1 aromatic heterocycles. The third-order valence-corrected chi connectivity index (χ3v) is 4.14. The Labute approximate surface area is 140 Å². The summed E-state index contributed by atoms with van der Waals surface area (Å²) in [6, 6.07) is 11.6. The van der Waals surface area contributed by atoms with Gasteiger partial charge in [0, 0.05) is 11.9 Å². The van der Waals surface area contributed by atoms with Crippen LogP contribution in [0.3, 0.4) is 0 Å². The molecule has 0 radical (unpaired) electrons. The second-order valence-electron chi connectivity index (χ2n) is 5.86. The lowest BCUT2D eigenvalue weighted by Gasteiger charge is -2.06. The molecule has 0 aliphatic rings. The quantitative estimate of drug-likeness (QED) is 0.782. The Balaban J connectivity index is 1.65. The normalized spacial score (nSPS) is 10.8. The van der Waals surface area contributed by atoms with Crippen molar-refractivity contribution in [1.29, 1.82) is 0 Å². The Kier molecular flexibility index (Phi) is 4.51. The van der Waals surface area contributed by atoms with Crippen molar-refractivity contribution in [2.24, 2.45) is 0 Å². The van der Waals surface area contributed by atoms with Gasteiger partial charge in [0.1, 0.15) is 11.4 Å². The Morgan fingerprint density at radius 2 is 1.88 bits per heavy atom. The van der Waals surface area contributed by atoms with Crippen LogP contribution in [-0.4, -0.2) is 18.2 Å². The lowest BCUT2D eigenvalue weighted by atomic mass is 10.1. The van der Waals surface area contributed by atoms with Crippen molar-refractivity contribution in [2.75, 3.05) is 7.11 Å². The molecule has 2 aromatic carbocycles. The van der Waals surface area contributed by atoms with E-state index in [1.54, 1.807) is 7.11 Å². The first-order valence-electron chi connectivity index (χ1n) is 7.82. The van der Waals surface area contributed by atoms with Crippen molar-refractivity contribution >= 4 is 16.9 Å². The minimum Gasteiger partial charge on any atom is -0.497 e. The van der Waals surface area contributed by atoms with Gasteiger partial charge < -0.3 is 14.6 Å². The number of nitrogens with zero attached hydrogens (tertiary/aromatic N) is 1. The number of benzene rings is 2. The van der Waals surface area contributed by atoms with Crippen LogP contribution in [0.5, 0.6) is 5.75 Å². The molecule has 5 heteroatoms. The van der Waals surface area contributed by atoms with Gasteiger partial charge in [-0.25, -0.2) is 0 Å². The van der Waals surface area contributed by atoms with Crippen molar-refractivity contribution in [3.05, 3.63) is 58.8 Å². The van der Waals surface area contributed by atoms with Crippen LogP contribution >= 0.6 is 0 Å². The number of hydrogen-bond acceptors (Lipinski definition) is 4. The van der Waals surface area contributed by atoms with E-state index < -0.39 is 0 Å². The van der Waals surface area contributed by atoms with E-state index in [4.69, 9.17) is 9.26 Å². The number of aryl methyl sites for hydroxylation is 2. The molecule has 1 amide bonds. The van der Waals surface area contributed by atoms with Gasteiger partial charge in [-0.2, -0.15) is 0 Å². The van der Waals surface area contributed by atoms with Gasteiger partial charge in [-0.05, 0) is 54.8 Å². The largest absolute Gasteiger partial charge is 0.497 e. The fourth-order valence-corrected chi connectivity index (χ4v) is 2.53. The maximum atomic E-state index is 12.2. The Bertz CT molecular complexity index is 866. The van der Waals surface area contributed by atoms with Crippen molar-refractivity contribution < 1.29 is 14.1 Å². The van der Waals surface area contributed by atoms with Crippen LogP contribution in [0.15, 0.2) is 40.9 Å². The summed E-state index contributed by atoms with van der Waals surface area (Å²) in [6.07, 6.45) is 0.200. The number of carbonyl (C=O) groups is 1. The predicted octanol–water partition coefficient (Wildman–Crippen LogP) is 3.31. The highest BCUT2D eigenvalue weighted by molar-refractivity contribution is 5.87. The Hall–Kier alpha value is -2.82. The molecule has 124 valence electrons. The molecule has 0 fully saturated rings. The molecule has 3 rings (SSSR count). The van der Waals surface area contributed by atoms with Gasteiger partial charge in [-0.15, -0.1) is 0 Å². The number of hydrogen-bond donors (Lipinski definition) is 1. The topological polar surface area (TPSA) is 64.4 Å². The zero-order valence-corrected chi connectivity index (χ0v) is 14.1. The summed E-state index contributed by atoms with van der Waals surface area (Å²) >= 11 is 0. The summed E-state index contributed by atoms with van der Waals surface area (Å²) in [5.74, 6) is 0.712. The molecule has 5 nitrogen and oxygen atoms in total. The molecule has 0 unspecified atom stereocenters. The molecule has 0 aliphatic heterocycles. The molecule has 0 saturated carbocycles. The van der Waals surface area contributed by atoms with Crippen LogP contribution in [0.25, 0.3) is 11.0 Å². The minimum atomic E-state index is -0.0840. The molecule has 0 saturated heterocycles. The standard InChI is InChI=1S/C19H20N2O3/c1-12-8-16-17(21-24-18(16)9-13(12)2)10-19(22)20-11-14-4-6-15(23-3)7-5-14/h4-9H,10-11H2,1-3H3,(H,20,22). The number of fused-ring (bicyclic) bond motifs is 1. The van der Waals surface area contributed by atoms with Crippen molar-refractivity contribution in [1.82, 2.24) is 10.5 Å². The van der Waals surface area contributed by atoms with Crippen LogP contribution in [0.4, 0.5) is 0 Å². The number of amides is 1. The predicted molar refractivity (Wildman–Crippen MR) is 92.0 cm³/mol. The van der Waals surface area contributed by atoms with Gasteiger partial charge >= 0.3 is 0 Å². The van der Waals surface area contributed by atoms with Crippen LogP contribution in [0, 0.1) is 13.8 Å². The molecule has 24 heavy (non-hydrogen) atoms. The first-order valence-corrected chi connectivity index (χ1v) is 7.82. The van der Waals surface area contributed by atoms with Crippen molar-refractivity contribution in [2.45, 2.75) is 26.8 Å². The SMILES string of the molecule is COc1ccc(CNC(=O)Cc2noc3cc(C)c(C)cc23)cc1. The van der Waals surface area contributed by atoms with Crippen molar-refractivity contribution in [3.63, 3.8) is 0 Å². The second kappa shape index (κ2) is 6.74. The second-order valence-corrected chi connectivity index (χ2v) is 5.86. The number of ether oxygens (including phenoxy) is 1. The third kappa shape index (κ3) is 3.40. The first-order chi connectivity index (χ1) is 11.6. The maximum absolute atomic E-state index is 12.2. The highest BCUT2D eigenvalue weighted by Crippen LogP contribution is 2.23. The van der Waals surface area contributed by atoms with Crippen LogP contribution in [0.2, 0.25) is 0 Å². The minimum absolute atomic E-state index is 0.0840. The molecular formula is C19H20N2O3. The van der Waals surface area contributed by atoms with E-state index in [9.17, 15) is 4.79 Å². The van der Waals surface area contributed by atoms with Gasteiger partial charge in [0.15, 0.2) is 5.58 Å². The van der Waals surface area contributed by atoms with Gasteiger partial charge in [-0.1, -0.05) is 17.3 Å². The monoisotopic (exact) mass is 324 g/mol. The van der Waals surface area contributed by atoms with Crippen LogP contribution < -0.4 is 10.1 Å². The maximum Gasteiger partial charge on any atom is 0.226 e. The number of methoxy groups -OCH3 is 1. The molecular weight excluding hydrogens is 304 g/mol. The average molecular weight is 324 g/mol. The molecule has 1 heterocycles. The van der Waals surface area contributed by atoms with E-state index >= 15 is 0 Å². The molecule has 0 spiro atoms. The molecule has 3 aromatic rings. The Morgan fingerprint density at radius 1 is 1.17 bits per heavy atom. The van der Waals surface area contributed by atoms with Gasteiger partial charge in [0.2, 0.25) is 5.91 Å².